The lowest BCUT2D eigenvalue weighted by atomic mass is 10.0. The Balaban J connectivity index is 1.41. The minimum absolute atomic E-state index is 0.0562. The third-order valence-corrected chi connectivity index (χ3v) is 10.0. The molecule has 9 heteroatoms. The van der Waals surface area contributed by atoms with Gasteiger partial charge in [-0.1, -0.05) is 73.7 Å². The smallest absolute Gasteiger partial charge is 0.265 e. The van der Waals surface area contributed by atoms with Gasteiger partial charge >= 0.3 is 0 Å². The highest BCUT2D eigenvalue weighted by molar-refractivity contribution is 7.93. The van der Waals surface area contributed by atoms with Gasteiger partial charge in [-0.05, 0) is 60.5 Å². The second-order valence-corrected chi connectivity index (χ2v) is 13.0. The number of hydrogen-bond acceptors (Lipinski definition) is 5. The third-order valence-electron chi connectivity index (χ3n) is 8.19. The van der Waals surface area contributed by atoms with Crippen molar-refractivity contribution in [1.29, 1.82) is 0 Å². The van der Waals surface area contributed by atoms with E-state index >= 15 is 0 Å². The number of methoxy groups -OCH3 is 1. The lowest BCUT2D eigenvalue weighted by molar-refractivity contribution is -0.141. The second kappa shape index (κ2) is 13.5. The molecular formula is C35H39N3O5S. The molecule has 0 unspecified atom stereocenters. The average molecular weight is 614 g/mol. The molecule has 0 saturated carbocycles. The SMILES string of the molecule is CC[C@@H](C)NC(=O)[C@H](Cc1ccccc1)N(Cc1cccc(OC)c1)C(=O)CCCN1c2cccc3cccc(c23)S1(=O)=O. The summed E-state index contributed by atoms with van der Waals surface area (Å²) in [7, 11) is -2.14. The molecule has 1 aliphatic heterocycles. The quantitative estimate of drug-likeness (QED) is 0.209. The normalized spacial score (nSPS) is 14.7. The summed E-state index contributed by atoms with van der Waals surface area (Å²) in [5.74, 6) is 0.218. The fourth-order valence-electron chi connectivity index (χ4n) is 5.68. The van der Waals surface area contributed by atoms with E-state index in [4.69, 9.17) is 4.74 Å². The van der Waals surface area contributed by atoms with Crippen LogP contribution in [-0.2, 0) is 32.6 Å². The van der Waals surface area contributed by atoms with Crippen LogP contribution in [0.15, 0.2) is 95.9 Å². The Hall–Kier alpha value is -4.37. The minimum Gasteiger partial charge on any atom is -0.497 e. The van der Waals surface area contributed by atoms with Crippen molar-refractivity contribution in [1.82, 2.24) is 10.2 Å². The van der Waals surface area contributed by atoms with Crippen molar-refractivity contribution in [2.75, 3.05) is 18.0 Å². The predicted molar refractivity (Wildman–Crippen MR) is 173 cm³/mol. The van der Waals surface area contributed by atoms with E-state index in [-0.39, 0.29) is 37.4 Å². The summed E-state index contributed by atoms with van der Waals surface area (Å²) in [6.07, 6.45) is 1.47. The maximum atomic E-state index is 14.1. The monoisotopic (exact) mass is 613 g/mol. The lowest BCUT2D eigenvalue weighted by Gasteiger charge is -2.32. The van der Waals surface area contributed by atoms with E-state index in [1.807, 2.05) is 92.7 Å². The van der Waals surface area contributed by atoms with Gasteiger partial charge in [0.1, 0.15) is 11.8 Å². The number of amides is 2. The van der Waals surface area contributed by atoms with Crippen LogP contribution in [0.1, 0.15) is 44.2 Å². The molecule has 4 aromatic rings. The van der Waals surface area contributed by atoms with Crippen molar-refractivity contribution < 1.29 is 22.7 Å². The maximum absolute atomic E-state index is 14.1. The summed E-state index contributed by atoms with van der Waals surface area (Å²) in [4.78, 5) is 29.8. The topological polar surface area (TPSA) is 96.0 Å². The van der Waals surface area contributed by atoms with Gasteiger partial charge in [-0.25, -0.2) is 8.42 Å². The summed E-state index contributed by atoms with van der Waals surface area (Å²) in [6.45, 7) is 4.30. The van der Waals surface area contributed by atoms with Crippen LogP contribution in [0.3, 0.4) is 0 Å². The first-order valence-corrected chi connectivity index (χ1v) is 16.5. The Labute approximate surface area is 259 Å². The molecule has 5 rings (SSSR count). The molecule has 2 atom stereocenters. The van der Waals surface area contributed by atoms with Crippen LogP contribution in [0, 0.1) is 0 Å². The van der Waals surface area contributed by atoms with Crippen molar-refractivity contribution in [2.24, 2.45) is 0 Å². The molecule has 230 valence electrons. The minimum atomic E-state index is -3.73. The van der Waals surface area contributed by atoms with E-state index in [0.717, 1.165) is 22.9 Å². The molecule has 2 amide bonds. The van der Waals surface area contributed by atoms with E-state index < -0.39 is 16.1 Å². The Morgan fingerprint density at radius 2 is 1.64 bits per heavy atom. The number of carbonyl (C=O) groups is 2. The van der Waals surface area contributed by atoms with Gasteiger partial charge in [-0.15, -0.1) is 0 Å². The van der Waals surface area contributed by atoms with E-state index in [1.165, 1.54) is 4.31 Å². The van der Waals surface area contributed by atoms with Gasteiger partial charge in [0, 0.05) is 37.4 Å². The standard InChI is InChI=1S/C35H39N3O5S/c1-4-25(2)36-35(40)31(23-26-12-6-5-7-13-26)37(24-27-14-8-17-29(22-27)43-3)33(39)20-11-21-38-30-18-9-15-28-16-10-19-32(34(28)30)44(38,41)42/h5-10,12-19,22,25,31H,4,11,20-21,23-24H2,1-3H3,(H,36,40)/t25-,31+/m1/s1. The number of nitrogens with one attached hydrogen (secondary N) is 1. The van der Waals surface area contributed by atoms with Crippen LogP contribution >= 0.6 is 0 Å². The predicted octanol–water partition coefficient (Wildman–Crippen LogP) is 5.69. The van der Waals surface area contributed by atoms with E-state index in [0.29, 0.717) is 34.6 Å². The van der Waals surface area contributed by atoms with Gasteiger partial charge in [0.15, 0.2) is 0 Å². The van der Waals surface area contributed by atoms with Gasteiger partial charge < -0.3 is 15.0 Å². The highest BCUT2D eigenvalue weighted by Crippen LogP contribution is 2.42. The van der Waals surface area contributed by atoms with E-state index in [1.54, 1.807) is 24.1 Å². The summed E-state index contributed by atoms with van der Waals surface area (Å²) in [5, 5.41) is 4.66. The number of rotatable bonds is 13. The number of nitrogens with zero attached hydrogens (tertiary/aromatic N) is 2. The molecule has 0 bridgehead atoms. The molecule has 0 radical (unpaired) electrons. The number of benzene rings is 4. The zero-order valence-corrected chi connectivity index (χ0v) is 26.2. The first-order chi connectivity index (χ1) is 21.2. The molecule has 0 aliphatic carbocycles. The lowest BCUT2D eigenvalue weighted by Crippen LogP contribution is -2.52. The zero-order chi connectivity index (χ0) is 31.3. The molecule has 4 aromatic carbocycles. The molecule has 1 aliphatic rings. The Morgan fingerprint density at radius 1 is 0.932 bits per heavy atom. The van der Waals surface area contributed by atoms with Crippen LogP contribution in [-0.4, -0.2) is 50.9 Å². The van der Waals surface area contributed by atoms with Crippen molar-refractivity contribution in [3.05, 3.63) is 102 Å². The molecule has 44 heavy (non-hydrogen) atoms. The van der Waals surface area contributed by atoms with Crippen molar-refractivity contribution in [2.45, 2.75) is 63.1 Å². The molecule has 8 nitrogen and oxygen atoms in total. The maximum Gasteiger partial charge on any atom is 0.265 e. The largest absolute Gasteiger partial charge is 0.497 e. The number of anilines is 1. The highest BCUT2D eigenvalue weighted by atomic mass is 32.2. The Kier molecular flexibility index (Phi) is 9.54. The van der Waals surface area contributed by atoms with Crippen molar-refractivity contribution >= 4 is 38.3 Å². The van der Waals surface area contributed by atoms with Crippen LogP contribution in [0.25, 0.3) is 10.8 Å². The van der Waals surface area contributed by atoms with Gasteiger partial charge in [0.05, 0.1) is 17.7 Å². The van der Waals surface area contributed by atoms with Gasteiger partial charge in [0.25, 0.3) is 10.0 Å². The molecule has 0 spiro atoms. The molecule has 0 aromatic heterocycles. The van der Waals surface area contributed by atoms with Gasteiger partial charge in [0.2, 0.25) is 11.8 Å². The summed E-state index contributed by atoms with van der Waals surface area (Å²) >= 11 is 0. The van der Waals surface area contributed by atoms with Crippen LogP contribution < -0.4 is 14.4 Å². The zero-order valence-electron chi connectivity index (χ0n) is 25.4. The number of hydrogen-bond donors (Lipinski definition) is 1. The van der Waals surface area contributed by atoms with Crippen molar-refractivity contribution in [3.8, 4) is 5.75 Å². The number of sulfonamides is 1. The fourth-order valence-corrected chi connectivity index (χ4v) is 7.43. The second-order valence-electron chi connectivity index (χ2n) is 11.2. The first kappa shape index (κ1) is 31.1. The summed E-state index contributed by atoms with van der Waals surface area (Å²) in [5.41, 5.74) is 2.40. The van der Waals surface area contributed by atoms with Gasteiger partial charge in [-0.2, -0.15) is 0 Å². The molecule has 1 heterocycles. The van der Waals surface area contributed by atoms with Crippen LogP contribution in [0.2, 0.25) is 0 Å². The molecule has 0 fully saturated rings. The Bertz CT molecular complexity index is 1740. The molecule has 0 saturated heterocycles. The first-order valence-electron chi connectivity index (χ1n) is 15.0. The van der Waals surface area contributed by atoms with Crippen LogP contribution in [0.4, 0.5) is 5.69 Å². The average Bonchev–Trinajstić information content (AvgIpc) is 3.26. The van der Waals surface area contributed by atoms with Crippen LogP contribution in [0.5, 0.6) is 5.75 Å². The molecular weight excluding hydrogens is 574 g/mol. The highest BCUT2D eigenvalue weighted by Gasteiger charge is 2.36. The third kappa shape index (κ3) is 6.58. The van der Waals surface area contributed by atoms with Crippen molar-refractivity contribution in [3.63, 3.8) is 0 Å². The van der Waals surface area contributed by atoms with E-state index in [9.17, 15) is 18.0 Å². The summed E-state index contributed by atoms with van der Waals surface area (Å²) < 4.78 is 33.8. The Morgan fingerprint density at radius 3 is 2.36 bits per heavy atom. The van der Waals surface area contributed by atoms with Gasteiger partial charge in [-0.3, -0.25) is 13.9 Å². The number of ether oxygens (including phenoxy) is 1. The fraction of sp³-hybridized carbons (Fsp3) is 0.314. The molecule has 1 N–H and O–H groups in total. The summed E-state index contributed by atoms with van der Waals surface area (Å²) in [6, 6.07) is 27.1. The number of carbonyl (C=O) groups excluding carboxylic acids is 2. The van der Waals surface area contributed by atoms with E-state index in [2.05, 4.69) is 5.32 Å².